The van der Waals surface area contributed by atoms with Crippen molar-refractivity contribution in [1.29, 1.82) is 0 Å². The van der Waals surface area contributed by atoms with Crippen molar-refractivity contribution < 1.29 is 28.9 Å². The number of benzene rings is 6. The van der Waals surface area contributed by atoms with Crippen LogP contribution in [0, 0.1) is 5.92 Å². The zero-order valence-corrected chi connectivity index (χ0v) is 35.4. The number of nitrogens with zero attached hydrogens (tertiary/aromatic N) is 2. The third-order valence-electron chi connectivity index (χ3n) is 12.7. The summed E-state index contributed by atoms with van der Waals surface area (Å²) in [7, 11) is 0. The van der Waals surface area contributed by atoms with Crippen LogP contribution in [0.1, 0.15) is 54.4 Å². The third kappa shape index (κ3) is 9.33. The normalized spacial score (nSPS) is 20.9. The van der Waals surface area contributed by atoms with Crippen LogP contribution in [0.2, 0.25) is 0 Å². The highest BCUT2D eigenvalue weighted by Gasteiger charge is 2.51. The van der Waals surface area contributed by atoms with Crippen LogP contribution in [-0.4, -0.2) is 59.9 Å². The molecule has 4 atom stereocenters. The first-order valence-electron chi connectivity index (χ1n) is 21.8. The standard InChI is InChI=1S/C52H53N5O6/c1-36-47(33-56-30-28-52(29-31-56)50(59)54-35-57(52)43-11-4-2-5-12-43)62-49(63-48(36)39-18-16-37(34-58)17-19-39)40-22-20-38(21-23-40)46-15-9-8-10-41(46)32-53-51(60)55-42-24-26-45(27-25-42)61-44-13-6-3-7-14-44/h2-27,36,47-49,58H,28-35H2,1H3,(H,54,59)(H2,53,55,60)/t36-,47+,48+,49+/m0/s1. The fourth-order valence-electron chi connectivity index (χ4n) is 9.08. The second-order valence-corrected chi connectivity index (χ2v) is 16.6. The molecule has 322 valence electrons. The molecule has 4 N–H and O–H groups in total. The number of urea groups is 1. The summed E-state index contributed by atoms with van der Waals surface area (Å²) in [5.74, 6) is 1.56. The summed E-state index contributed by atoms with van der Waals surface area (Å²) >= 11 is 0. The molecule has 3 aliphatic heterocycles. The second kappa shape index (κ2) is 18.9. The molecule has 11 heteroatoms. The van der Waals surface area contributed by atoms with Gasteiger partial charge < -0.3 is 45.1 Å². The van der Waals surface area contributed by atoms with Crippen molar-refractivity contribution >= 4 is 23.3 Å². The third-order valence-corrected chi connectivity index (χ3v) is 12.7. The van der Waals surface area contributed by atoms with E-state index >= 15 is 0 Å². The summed E-state index contributed by atoms with van der Waals surface area (Å²) in [4.78, 5) is 31.0. The summed E-state index contributed by atoms with van der Waals surface area (Å²) in [5, 5.41) is 18.8. The Bertz CT molecular complexity index is 2460. The van der Waals surface area contributed by atoms with Gasteiger partial charge in [-0.05, 0) is 89.2 Å². The molecule has 9 rings (SSSR count). The lowest BCUT2D eigenvalue weighted by molar-refractivity contribution is -0.276. The zero-order chi connectivity index (χ0) is 43.2. The topological polar surface area (TPSA) is 125 Å². The number of aliphatic hydroxyl groups excluding tert-OH is 1. The molecule has 0 radical (unpaired) electrons. The number of para-hydroxylation sites is 2. The Morgan fingerprint density at radius 1 is 0.778 bits per heavy atom. The van der Waals surface area contributed by atoms with Gasteiger partial charge in [-0.15, -0.1) is 0 Å². The highest BCUT2D eigenvalue weighted by atomic mass is 16.7. The van der Waals surface area contributed by atoms with E-state index in [4.69, 9.17) is 14.2 Å². The van der Waals surface area contributed by atoms with Crippen LogP contribution in [0.4, 0.5) is 16.2 Å². The van der Waals surface area contributed by atoms with Crippen LogP contribution in [-0.2, 0) is 27.4 Å². The number of anilines is 2. The van der Waals surface area contributed by atoms with Gasteiger partial charge in [0.2, 0.25) is 5.91 Å². The Labute approximate surface area is 368 Å². The van der Waals surface area contributed by atoms with Crippen molar-refractivity contribution in [2.45, 2.75) is 57.0 Å². The van der Waals surface area contributed by atoms with Crippen LogP contribution in [0.3, 0.4) is 0 Å². The van der Waals surface area contributed by atoms with Gasteiger partial charge in [-0.3, -0.25) is 4.79 Å². The minimum absolute atomic E-state index is 0.0227. The first-order chi connectivity index (χ1) is 30.8. The van der Waals surface area contributed by atoms with Gasteiger partial charge in [0.05, 0.1) is 25.5 Å². The van der Waals surface area contributed by atoms with Gasteiger partial charge >= 0.3 is 6.03 Å². The smallest absolute Gasteiger partial charge is 0.319 e. The molecule has 3 fully saturated rings. The molecule has 6 aromatic rings. The number of nitrogens with one attached hydrogen (secondary N) is 3. The average Bonchev–Trinajstić information content (AvgIpc) is 3.65. The summed E-state index contributed by atoms with van der Waals surface area (Å²) in [6, 6.07) is 51.0. The van der Waals surface area contributed by atoms with Gasteiger partial charge in [-0.1, -0.05) is 116 Å². The summed E-state index contributed by atoms with van der Waals surface area (Å²) in [6.07, 6.45) is 0.436. The maximum Gasteiger partial charge on any atom is 0.319 e. The maximum absolute atomic E-state index is 13.4. The van der Waals surface area contributed by atoms with Gasteiger partial charge in [0.25, 0.3) is 0 Å². The van der Waals surface area contributed by atoms with Crippen LogP contribution in [0.5, 0.6) is 11.5 Å². The van der Waals surface area contributed by atoms with Crippen LogP contribution >= 0.6 is 0 Å². The first-order valence-corrected chi connectivity index (χ1v) is 21.8. The first kappa shape index (κ1) is 41.8. The van der Waals surface area contributed by atoms with Gasteiger partial charge in [-0.25, -0.2) is 4.79 Å². The van der Waals surface area contributed by atoms with Crippen molar-refractivity contribution in [3.05, 3.63) is 180 Å². The zero-order valence-electron chi connectivity index (χ0n) is 35.4. The minimum Gasteiger partial charge on any atom is -0.457 e. The second-order valence-electron chi connectivity index (χ2n) is 16.6. The van der Waals surface area contributed by atoms with E-state index in [1.165, 1.54) is 0 Å². The molecule has 0 bridgehead atoms. The Balaban J connectivity index is 0.866. The van der Waals surface area contributed by atoms with Crippen molar-refractivity contribution in [3.8, 4) is 22.6 Å². The average molecular weight is 844 g/mol. The monoisotopic (exact) mass is 843 g/mol. The number of aliphatic hydroxyl groups is 1. The van der Waals surface area contributed by atoms with E-state index in [1.54, 1.807) is 0 Å². The van der Waals surface area contributed by atoms with Crippen LogP contribution in [0.15, 0.2) is 158 Å². The number of carbonyl (C=O) groups is 2. The molecule has 0 aromatic heterocycles. The predicted molar refractivity (Wildman–Crippen MR) is 244 cm³/mol. The van der Waals surface area contributed by atoms with Crippen molar-refractivity contribution in [2.24, 2.45) is 5.92 Å². The maximum atomic E-state index is 13.4. The molecule has 1 spiro atoms. The molecule has 0 unspecified atom stereocenters. The van der Waals surface area contributed by atoms with Crippen LogP contribution in [0.25, 0.3) is 11.1 Å². The van der Waals surface area contributed by atoms with Gasteiger partial charge in [0.15, 0.2) is 6.29 Å². The number of amides is 3. The van der Waals surface area contributed by atoms with Crippen LogP contribution < -0.4 is 25.6 Å². The van der Waals surface area contributed by atoms with Crippen molar-refractivity contribution in [3.63, 3.8) is 0 Å². The van der Waals surface area contributed by atoms with E-state index < -0.39 is 11.8 Å². The van der Waals surface area contributed by atoms with E-state index in [0.717, 1.165) is 70.7 Å². The summed E-state index contributed by atoms with van der Waals surface area (Å²) < 4.78 is 19.6. The van der Waals surface area contributed by atoms with Gasteiger partial charge in [0.1, 0.15) is 17.0 Å². The minimum atomic E-state index is -0.618. The number of ether oxygens (including phenoxy) is 3. The van der Waals surface area contributed by atoms with Crippen molar-refractivity contribution in [1.82, 2.24) is 15.5 Å². The van der Waals surface area contributed by atoms with E-state index in [-0.39, 0.29) is 36.7 Å². The molecule has 3 amide bonds. The van der Waals surface area contributed by atoms with Gasteiger partial charge in [-0.2, -0.15) is 0 Å². The Kier molecular flexibility index (Phi) is 12.5. The fraction of sp³-hybridized carbons (Fsp3) is 0.269. The van der Waals surface area contributed by atoms with E-state index in [0.29, 0.717) is 31.2 Å². The number of rotatable bonds is 12. The lowest BCUT2D eigenvalue weighted by atomic mass is 9.84. The molecule has 63 heavy (non-hydrogen) atoms. The van der Waals surface area contributed by atoms with Crippen molar-refractivity contribution in [2.75, 3.05) is 36.5 Å². The molecule has 3 heterocycles. The summed E-state index contributed by atoms with van der Waals surface area (Å²) in [6.45, 7) is 5.25. The van der Waals surface area contributed by atoms with E-state index in [9.17, 15) is 14.7 Å². The molecule has 0 saturated carbocycles. The SMILES string of the molecule is C[C@H]1[C@@H](CN2CCC3(CC2)C(=O)NCN3c2ccccc2)O[C@@H](c2ccc(-c3ccccc3CNC(=O)Nc3ccc(Oc4ccccc4)cc3)cc2)O[C@H]1c1ccc(CO)cc1. The highest BCUT2D eigenvalue weighted by Crippen LogP contribution is 2.43. The Hall–Kier alpha value is -6.50. The van der Waals surface area contributed by atoms with E-state index in [1.807, 2.05) is 115 Å². The quantitative estimate of drug-likeness (QED) is 0.0962. The number of piperidine rings is 1. The lowest BCUT2D eigenvalue weighted by Crippen LogP contribution is -2.57. The summed E-state index contributed by atoms with van der Waals surface area (Å²) in [5.41, 5.74) is 6.93. The number of hydrogen-bond acceptors (Lipinski definition) is 8. The number of hydrogen-bond donors (Lipinski definition) is 4. The molecule has 3 saturated heterocycles. The van der Waals surface area contributed by atoms with Gasteiger partial charge in [0, 0.05) is 49.0 Å². The Morgan fingerprint density at radius 2 is 1.43 bits per heavy atom. The molecular weight excluding hydrogens is 791 g/mol. The fourth-order valence-corrected chi connectivity index (χ4v) is 9.08. The lowest BCUT2D eigenvalue weighted by Gasteiger charge is -2.46. The number of likely N-dealkylation sites (tertiary alicyclic amines) is 1. The molecule has 3 aliphatic rings. The number of carbonyl (C=O) groups excluding carboxylic acids is 2. The molecule has 6 aromatic carbocycles. The molecular formula is C52H53N5O6. The molecule has 0 aliphatic carbocycles. The predicted octanol–water partition coefficient (Wildman–Crippen LogP) is 9.18. The largest absolute Gasteiger partial charge is 0.457 e. The van der Waals surface area contributed by atoms with E-state index in [2.05, 4.69) is 75.1 Å². The molecule has 11 nitrogen and oxygen atoms in total. The highest BCUT2D eigenvalue weighted by molar-refractivity contribution is 5.93. The Morgan fingerprint density at radius 3 is 2.14 bits per heavy atom.